The molecule has 0 bridgehead atoms. The van der Waals surface area contributed by atoms with Gasteiger partial charge in [0, 0.05) is 11.4 Å². The van der Waals surface area contributed by atoms with Crippen LogP contribution >= 0.6 is 11.8 Å². The molecule has 0 spiro atoms. The first-order chi connectivity index (χ1) is 9.55. The molecule has 108 valence electrons. The number of anilines is 1. The highest BCUT2D eigenvalue weighted by atomic mass is 32.2. The quantitative estimate of drug-likeness (QED) is 0.846. The van der Waals surface area contributed by atoms with Crippen LogP contribution in [0.5, 0.6) is 0 Å². The van der Waals surface area contributed by atoms with Crippen molar-refractivity contribution >= 4 is 27.3 Å². The summed E-state index contributed by atoms with van der Waals surface area (Å²) in [5.74, 6) is 1.61. The fraction of sp³-hybridized carbons (Fsp3) is 0.500. The Bertz CT molecular complexity index is 621. The summed E-state index contributed by atoms with van der Waals surface area (Å²) in [5.41, 5.74) is 1.45. The van der Waals surface area contributed by atoms with Gasteiger partial charge in [-0.1, -0.05) is 13.0 Å². The first-order valence-electron chi connectivity index (χ1n) is 6.66. The molecule has 4 nitrogen and oxygen atoms in total. The molecule has 1 atom stereocenters. The molecule has 1 aromatic carbocycles. The molecule has 20 heavy (non-hydrogen) atoms. The summed E-state index contributed by atoms with van der Waals surface area (Å²) in [4.78, 5) is 0.971. The molecule has 1 unspecified atom stereocenters. The third kappa shape index (κ3) is 3.68. The SMILES string of the molecule is CCSc1cccc(NCC2CCS(=O)(=O)C2)c1C#N. The standard InChI is InChI=1S/C14H18N2O2S2/c1-2-19-14-5-3-4-13(12(14)8-15)16-9-11-6-7-20(17,18)10-11/h3-5,11,16H,2,6-7,9-10H2,1H3. The Hall–Kier alpha value is -1.19. The number of benzene rings is 1. The molecule has 1 saturated heterocycles. The fourth-order valence-electron chi connectivity index (χ4n) is 2.36. The number of nitrogens with one attached hydrogen (secondary N) is 1. The molecule has 6 heteroatoms. The van der Waals surface area contributed by atoms with Gasteiger partial charge in [0.15, 0.2) is 9.84 Å². The predicted octanol–water partition coefficient (Wildman–Crippen LogP) is 2.52. The van der Waals surface area contributed by atoms with E-state index in [0.717, 1.165) is 16.3 Å². The zero-order valence-electron chi connectivity index (χ0n) is 11.4. The molecular formula is C14H18N2O2S2. The highest BCUT2D eigenvalue weighted by Crippen LogP contribution is 2.28. The third-order valence-electron chi connectivity index (χ3n) is 3.35. The van der Waals surface area contributed by atoms with Crippen molar-refractivity contribution in [2.24, 2.45) is 5.92 Å². The smallest absolute Gasteiger partial charge is 0.150 e. The van der Waals surface area contributed by atoms with Crippen LogP contribution < -0.4 is 5.32 Å². The number of sulfone groups is 1. The van der Waals surface area contributed by atoms with E-state index in [-0.39, 0.29) is 17.4 Å². The Morgan fingerprint density at radius 2 is 2.30 bits per heavy atom. The van der Waals surface area contributed by atoms with Gasteiger partial charge >= 0.3 is 0 Å². The van der Waals surface area contributed by atoms with Crippen LogP contribution in [0.25, 0.3) is 0 Å². The summed E-state index contributed by atoms with van der Waals surface area (Å²) in [5, 5.41) is 12.5. The zero-order valence-corrected chi connectivity index (χ0v) is 13.1. The van der Waals surface area contributed by atoms with E-state index >= 15 is 0 Å². The topological polar surface area (TPSA) is 70.0 Å². The second-order valence-electron chi connectivity index (χ2n) is 4.87. The lowest BCUT2D eigenvalue weighted by Crippen LogP contribution is -2.16. The predicted molar refractivity (Wildman–Crippen MR) is 82.8 cm³/mol. The minimum absolute atomic E-state index is 0.147. The van der Waals surface area contributed by atoms with Gasteiger partial charge < -0.3 is 5.32 Å². The molecule has 0 radical (unpaired) electrons. The molecule has 1 aliphatic heterocycles. The lowest BCUT2D eigenvalue weighted by atomic mass is 10.1. The van der Waals surface area contributed by atoms with Crippen LogP contribution in [0.4, 0.5) is 5.69 Å². The van der Waals surface area contributed by atoms with Crippen molar-refractivity contribution in [2.75, 3.05) is 29.1 Å². The number of hydrogen-bond acceptors (Lipinski definition) is 5. The van der Waals surface area contributed by atoms with Gasteiger partial charge in [-0.25, -0.2) is 8.42 Å². The van der Waals surface area contributed by atoms with E-state index in [4.69, 9.17) is 0 Å². The van der Waals surface area contributed by atoms with E-state index < -0.39 is 9.84 Å². The van der Waals surface area contributed by atoms with Gasteiger partial charge in [0.25, 0.3) is 0 Å². The normalized spacial score (nSPS) is 20.5. The minimum atomic E-state index is -2.84. The maximum absolute atomic E-state index is 11.4. The summed E-state index contributed by atoms with van der Waals surface area (Å²) in [7, 11) is -2.84. The molecule has 0 aromatic heterocycles. The molecule has 1 aromatic rings. The Kier molecular flexibility index (Phi) is 4.95. The second kappa shape index (κ2) is 6.51. The van der Waals surface area contributed by atoms with Crippen molar-refractivity contribution in [3.63, 3.8) is 0 Å². The average molecular weight is 310 g/mol. The van der Waals surface area contributed by atoms with Crippen molar-refractivity contribution in [1.82, 2.24) is 0 Å². The van der Waals surface area contributed by atoms with Crippen molar-refractivity contribution in [3.8, 4) is 6.07 Å². The van der Waals surface area contributed by atoms with Crippen LogP contribution in [0, 0.1) is 17.2 Å². The van der Waals surface area contributed by atoms with Crippen LogP contribution in [-0.4, -0.2) is 32.2 Å². The fourth-order valence-corrected chi connectivity index (χ4v) is 5.00. The summed E-state index contributed by atoms with van der Waals surface area (Å²) in [6, 6.07) is 7.98. The van der Waals surface area contributed by atoms with Gasteiger partial charge in [-0.3, -0.25) is 0 Å². The van der Waals surface area contributed by atoms with Crippen molar-refractivity contribution in [1.29, 1.82) is 5.26 Å². The number of rotatable bonds is 5. The molecule has 1 N–H and O–H groups in total. The molecule has 1 heterocycles. The van der Waals surface area contributed by atoms with Crippen LogP contribution in [0.3, 0.4) is 0 Å². The molecule has 0 saturated carbocycles. The molecule has 0 aliphatic carbocycles. The Labute approximate surface area is 124 Å². The minimum Gasteiger partial charge on any atom is -0.384 e. The largest absolute Gasteiger partial charge is 0.384 e. The van der Waals surface area contributed by atoms with Gasteiger partial charge in [-0.2, -0.15) is 5.26 Å². The lowest BCUT2D eigenvalue weighted by Gasteiger charge is -2.13. The Morgan fingerprint density at radius 1 is 1.50 bits per heavy atom. The van der Waals surface area contributed by atoms with Gasteiger partial charge in [0.1, 0.15) is 6.07 Å². The monoisotopic (exact) mass is 310 g/mol. The van der Waals surface area contributed by atoms with Crippen molar-refractivity contribution in [3.05, 3.63) is 23.8 Å². The molecule has 2 rings (SSSR count). The number of thioether (sulfide) groups is 1. The molecular weight excluding hydrogens is 292 g/mol. The van der Waals surface area contributed by atoms with Crippen LogP contribution in [0.2, 0.25) is 0 Å². The van der Waals surface area contributed by atoms with E-state index in [0.29, 0.717) is 18.5 Å². The summed E-state index contributed by atoms with van der Waals surface area (Å²) in [6.07, 6.45) is 0.709. The summed E-state index contributed by atoms with van der Waals surface area (Å²) >= 11 is 1.64. The van der Waals surface area contributed by atoms with E-state index in [1.807, 2.05) is 18.2 Å². The van der Waals surface area contributed by atoms with E-state index in [1.165, 1.54) is 0 Å². The van der Waals surface area contributed by atoms with E-state index in [1.54, 1.807) is 11.8 Å². The van der Waals surface area contributed by atoms with Gasteiger partial charge in [-0.05, 0) is 30.2 Å². The lowest BCUT2D eigenvalue weighted by molar-refractivity contribution is 0.596. The molecule has 1 aliphatic rings. The molecule has 1 fully saturated rings. The first kappa shape index (κ1) is 15.2. The summed E-state index contributed by atoms with van der Waals surface area (Å²) in [6.45, 7) is 2.66. The van der Waals surface area contributed by atoms with Crippen LogP contribution in [-0.2, 0) is 9.84 Å². The van der Waals surface area contributed by atoms with E-state index in [2.05, 4.69) is 18.3 Å². The summed E-state index contributed by atoms with van der Waals surface area (Å²) < 4.78 is 22.9. The van der Waals surface area contributed by atoms with Gasteiger partial charge in [0.05, 0.1) is 22.8 Å². The Morgan fingerprint density at radius 3 is 2.90 bits per heavy atom. The molecule has 0 amide bonds. The van der Waals surface area contributed by atoms with Crippen LogP contribution in [0.1, 0.15) is 18.9 Å². The van der Waals surface area contributed by atoms with Crippen LogP contribution in [0.15, 0.2) is 23.1 Å². The second-order valence-corrected chi connectivity index (χ2v) is 8.41. The maximum atomic E-state index is 11.4. The van der Waals surface area contributed by atoms with E-state index in [9.17, 15) is 13.7 Å². The highest BCUT2D eigenvalue weighted by Gasteiger charge is 2.27. The zero-order chi connectivity index (χ0) is 14.6. The van der Waals surface area contributed by atoms with Gasteiger partial charge in [0.2, 0.25) is 0 Å². The third-order valence-corrected chi connectivity index (χ3v) is 6.12. The first-order valence-corrected chi connectivity index (χ1v) is 9.46. The maximum Gasteiger partial charge on any atom is 0.150 e. The highest BCUT2D eigenvalue weighted by molar-refractivity contribution is 7.99. The Balaban J connectivity index is 2.07. The van der Waals surface area contributed by atoms with Crippen molar-refractivity contribution < 1.29 is 8.42 Å². The van der Waals surface area contributed by atoms with Crippen molar-refractivity contribution in [2.45, 2.75) is 18.2 Å². The number of nitrogens with zero attached hydrogens (tertiary/aromatic N) is 1. The van der Waals surface area contributed by atoms with Gasteiger partial charge in [-0.15, -0.1) is 11.8 Å². The average Bonchev–Trinajstić information content (AvgIpc) is 2.76. The number of nitriles is 1. The number of hydrogen-bond donors (Lipinski definition) is 1.